The zero-order valence-corrected chi connectivity index (χ0v) is 13.5. The van der Waals surface area contributed by atoms with Gasteiger partial charge in [-0.2, -0.15) is 9.78 Å². The van der Waals surface area contributed by atoms with E-state index in [2.05, 4.69) is 10.4 Å². The van der Waals surface area contributed by atoms with Crippen LogP contribution in [0.5, 0.6) is 5.75 Å². The summed E-state index contributed by atoms with van der Waals surface area (Å²) in [5, 5.41) is 7.40. The third kappa shape index (κ3) is 2.81. The van der Waals surface area contributed by atoms with E-state index in [0.717, 1.165) is 11.3 Å². The van der Waals surface area contributed by atoms with Crippen molar-refractivity contribution < 1.29 is 4.74 Å². The van der Waals surface area contributed by atoms with Crippen LogP contribution in [-0.2, 0) is 0 Å². The minimum absolute atomic E-state index is 0.262. The number of ether oxygens (including phenoxy) is 1. The van der Waals surface area contributed by atoms with E-state index in [1.165, 1.54) is 4.68 Å². The Kier molecular flexibility index (Phi) is 4.20. The maximum Gasteiger partial charge on any atom is 0.294 e. The molecule has 3 aromatic rings. The van der Waals surface area contributed by atoms with Crippen LogP contribution < -0.4 is 21.3 Å². The highest BCUT2D eigenvalue weighted by Crippen LogP contribution is 2.24. The second kappa shape index (κ2) is 6.45. The third-order valence-corrected chi connectivity index (χ3v) is 3.71. The van der Waals surface area contributed by atoms with Crippen LogP contribution >= 0.6 is 0 Å². The van der Waals surface area contributed by atoms with Crippen molar-refractivity contribution in [2.75, 3.05) is 25.2 Å². The lowest BCUT2D eigenvalue weighted by Crippen LogP contribution is -2.25. The molecule has 24 heavy (non-hydrogen) atoms. The van der Waals surface area contributed by atoms with E-state index in [0.29, 0.717) is 22.8 Å². The highest BCUT2D eigenvalue weighted by Gasteiger charge is 2.12. The van der Waals surface area contributed by atoms with Crippen LogP contribution in [0.15, 0.2) is 59.4 Å². The predicted octanol–water partition coefficient (Wildman–Crippen LogP) is 2.53. The lowest BCUT2D eigenvalue weighted by Gasteiger charge is -2.12. The summed E-state index contributed by atoms with van der Waals surface area (Å²) in [6, 6.07) is 16.4. The fraction of sp³-hybridized carbons (Fsp3) is 0.111. The number of nitrogen functional groups attached to an aromatic ring is 1. The third-order valence-electron chi connectivity index (χ3n) is 3.71. The Morgan fingerprint density at radius 3 is 2.62 bits per heavy atom. The molecule has 6 nitrogen and oxygen atoms in total. The fourth-order valence-electron chi connectivity index (χ4n) is 2.44. The Hall–Kier alpha value is -3.28. The molecule has 0 saturated carbocycles. The molecule has 0 saturated heterocycles. The molecule has 1 aromatic heterocycles. The van der Waals surface area contributed by atoms with Gasteiger partial charge in [-0.25, -0.2) is 0 Å². The molecule has 2 aromatic carbocycles. The number of para-hydroxylation sites is 2. The normalized spacial score (nSPS) is 10.4. The minimum Gasteiger partial charge on any atom is -0.497 e. The molecule has 0 amide bonds. The first-order valence-corrected chi connectivity index (χ1v) is 7.45. The SMILES string of the molecule is CNc1cc(-c2cccc(OC)c2)nn(-c2ccccc2N)c1=O. The quantitative estimate of drug-likeness (QED) is 0.721. The topological polar surface area (TPSA) is 82.2 Å². The summed E-state index contributed by atoms with van der Waals surface area (Å²) >= 11 is 0. The number of hydrogen-bond donors (Lipinski definition) is 2. The zero-order valence-electron chi connectivity index (χ0n) is 13.5. The first-order valence-electron chi connectivity index (χ1n) is 7.45. The molecule has 3 N–H and O–H groups in total. The van der Waals surface area contributed by atoms with E-state index in [1.807, 2.05) is 36.4 Å². The number of benzene rings is 2. The molecule has 0 aliphatic heterocycles. The summed E-state index contributed by atoms with van der Waals surface area (Å²) in [5.41, 5.74) is 8.69. The Morgan fingerprint density at radius 2 is 1.92 bits per heavy atom. The monoisotopic (exact) mass is 322 g/mol. The largest absolute Gasteiger partial charge is 0.497 e. The van der Waals surface area contributed by atoms with Gasteiger partial charge < -0.3 is 15.8 Å². The number of nitrogens with two attached hydrogens (primary N) is 1. The van der Waals surface area contributed by atoms with Crippen molar-refractivity contribution in [3.63, 3.8) is 0 Å². The fourth-order valence-corrected chi connectivity index (χ4v) is 2.44. The standard InChI is InChI=1S/C18H18N4O2/c1-20-16-11-15(12-6-5-7-13(10-12)24-2)21-22(18(16)23)17-9-4-3-8-14(17)19/h3-11,20H,19H2,1-2H3. The molecule has 0 atom stereocenters. The van der Waals surface area contributed by atoms with Crippen molar-refractivity contribution in [3.05, 3.63) is 65.0 Å². The molecule has 0 unspecified atom stereocenters. The Balaban J connectivity index is 2.24. The molecule has 0 aliphatic carbocycles. The van der Waals surface area contributed by atoms with Crippen LogP contribution in [0.3, 0.4) is 0 Å². The van der Waals surface area contributed by atoms with E-state index < -0.39 is 0 Å². The van der Waals surface area contributed by atoms with Gasteiger partial charge in [-0.1, -0.05) is 24.3 Å². The highest BCUT2D eigenvalue weighted by molar-refractivity contribution is 5.66. The first kappa shape index (κ1) is 15.6. The predicted molar refractivity (Wildman–Crippen MR) is 95.8 cm³/mol. The van der Waals surface area contributed by atoms with Gasteiger partial charge in [-0.05, 0) is 30.3 Å². The maximum absolute atomic E-state index is 12.6. The van der Waals surface area contributed by atoms with Gasteiger partial charge in [0, 0.05) is 12.6 Å². The summed E-state index contributed by atoms with van der Waals surface area (Å²) in [5.74, 6) is 0.720. The number of nitrogens with zero attached hydrogens (tertiary/aromatic N) is 2. The second-order valence-corrected chi connectivity index (χ2v) is 5.20. The Morgan fingerprint density at radius 1 is 1.12 bits per heavy atom. The lowest BCUT2D eigenvalue weighted by molar-refractivity contribution is 0.415. The number of anilines is 2. The number of methoxy groups -OCH3 is 1. The van der Waals surface area contributed by atoms with Crippen LogP contribution in [0.4, 0.5) is 11.4 Å². The zero-order chi connectivity index (χ0) is 17.1. The van der Waals surface area contributed by atoms with Crippen molar-refractivity contribution >= 4 is 11.4 Å². The number of nitrogens with one attached hydrogen (secondary N) is 1. The molecule has 3 rings (SSSR count). The highest BCUT2D eigenvalue weighted by atomic mass is 16.5. The molecule has 0 spiro atoms. The van der Waals surface area contributed by atoms with Crippen LogP contribution in [0.1, 0.15) is 0 Å². The minimum atomic E-state index is -0.262. The molecular weight excluding hydrogens is 304 g/mol. The number of rotatable bonds is 4. The van der Waals surface area contributed by atoms with Crippen LogP contribution in [0, 0.1) is 0 Å². The number of aromatic nitrogens is 2. The van der Waals surface area contributed by atoms with E-state index in [1.54, 1.807) is 32.4 Å². The summed E-state index contributed by atoms with van der Waals surface area (Å²) in [4.78, 5) is 12.6. The summed E-state index contributed by atoms with van der Waals surface area (Å²) in [6.45, 7) is 0. The average molecular weight is 322 g/mol. The maximum atomic E-state index is 12.6. The number of hydrogen-bond acceptors (Lipinski definition) is 5. The molecule has 0 aliphatic rings. The first-order chi connectivity index (χ1) is 11.6. The molecule has 6 heteroatoms. The Labute approximate surface area is 139 Å². The van der Waals surface area contributed by atoms with Crippen molar-refractivity contribution in [2.45, 2.75) is 0 Å². The summed E-state index contributed by atoms with van der Waals surface area (Å²) in [7, 11) is 3.31. The molecule has 0 fully saturated rings. The Bertz CT molecular complexity index is 934. The second-order valence-electron chi connectivity index (χ2n) is 5.20. The molecular formula is C18H18N4O2. The van der Waals surface area contributed by atoms with E-state index in [-0.39, 0.29) is 5.56 Å². The van der Waals surface area contributed by atoms with Gasteiger partial charge in [0.05, 0.1) is 24.2 Å². The van der Waals surface area contributed by atoms with Crippen molar-refractivity contribution in [2.24, 2.45) is 0 Å². The van der Waals surface area contributed by atoms with Crippen molar-refractivity contribution in [1.29, 1.82) is 0 Å². The molecule has 1 heterocycles. The van der Waals surface area contributed by atoms with Gasteiger partial charge >= 0.3 is 0 Å². The van der Waals surface area contributed by atoms with Gasteiger partial charge in [0.25, 0.3) is 5.56 Å². The van der Waals surface area contributed by atoms with Crippen LogP contribution in [0.25, 0.3) is 16.9 Å². The molecule has 0 bridgehead atoms. The summed E-state index contributed by atoms with van der Waals surface area (Å²) in [6.07, 6.45) is 0. The average Bonchev–Trinajstić information content (AvgIpc) is 2.62. The van der Waals surface area contributed by atoms with E-state index >= 15 is 0 Å². The van der Waals surface area contributed by atoms with Gasteiger partial charge in [-0.3, -0.25) is 4.79 Å². The van der Waals surface area contributed by atoms with Crippen molar-refractivity contribution in [1.82, 2.24) is 9.78 Å². The lowest BCUT2D eigenvalue weighted by atomic mass is 10.1. The van der Waals surface area contributed by atoms with Crippen LogP contribution in [-0.4, -0.2) is 23.9 Å². The van der Waals surface area contributed by atoms with Gasteiger partial charge in [0.2, 0.25) is 0 Å². The van der Waals surface area contributed by atoms with E-state index in [9.17, 15) is 4.79 Å². The van der Waals surface area contributed by atoms with Gasteiger partial charge in [-0.15, -0.1) is 0 Å². The van der Waals surface area contributed by atoms with E-state index in [4.69, 9.17) is 10.5 Å². The van der Waals surface area contributed by atoms with Crippen LogP contribution in [0.2, 0.25) is 0 Å². The van der Waals surface area contributed by atoms with Gasteiger partial charge in [0.1, 0.15) is 11.4 Å². The molecule has 122 valence electrons. The van der Waals surface area contributed by atoms with Crippen molar-refractivity contribution in [3.8, 4) is 22.7 Å². The smallest absolute Gasteiger partial charge is 0.294 e. The summed E-state index contributed by atoms with van der Waals surface area (Å²) < 4.78 is 6.57. The molecule has 0 radical (unpaired) electrons. The van der Waals surface area contributed by atoms with Gasteiger partial charge in [0.15, 0.2) is 0 Å².